The summed E-state index contributed by atoms with van der Waals surface area (Å²) in [6.45, 7) is 5.75. The average molecular weight is 356 g/mol. The Morgan fingerprint density at radius 2 is 1.54 bits per heavy atom. The molecule has 24 heavy (non-hydrogen) atoms. The lowest BCUT2D eigenvalue weighted by Gasteiger charge is -2.39. The van der Waals surface area contributed by atoms with Crippen molar-refractivity contribution in [2.24, 2.45) is 0 Å². The van der Waals surface area contributed by atoms with Gasteiger partial charge in [-0.15, -0.1) is 0 Å². The summed E-state index contributed by atoms with van der Waals surface area (Å²) < 4.78 is 33.7. The van der Waals surface area contributed by atoms with Gasteiger partial charge in [0.2, 0.25) is 0 Å². The van der Waals surface area contributed by atoms with E-state index in [1.807, 2.05) is 7.05 Å². The van der Waals surface area contributed by atoms with Crippen LogP contribution < -0.4 is 0 Å². The first-order valence-electron chi connectivity index (χ1n) is 8.17. The molecule has 0 N–H and O–H groups in total. The van der Waals surface area contributed by atoms with Crippen molar-refractivity contribution < 1.29 is 17.6 Å². The molecular weight excluding hydrogens is 332 g/mol. The van der Waals surface area contributed by atoms with Gasteiger partial charge < -0.3 is 14.2 Å². The number of hydrogen-bond donors (Lipinski definition) is 0. The minimum Gasteiger partial charge on any atom is -0.469 e. The van der Waals surface area contributed by atoms with Crippen LogP contribution in [0.15, 0.2) is 16.7 Å². The number of piperazine rings is 2. The van der Waals surface area contributed by atoms with Crippen LogP contribution in [0.3, 0.4) is 0 Å². The van der Waals surface area contributed by atoms with Crippen molar-refractivity contribution in [3.8, 4) is 0 Å². The third kappa shape index (κ3) is 3.34. The van der Waals surface area contributed by atoms with Gasteiger partial charge in [-0.2, -0.15) is 17.0 Å². The first-order chi connectivity index (χ1) is 11.4. The third-order valence-electron chi connectivity index (χ3n) is 4.73. The molecule has 0 saturated carbocycles. The Morgan fingerprint density at radius 1 is 1.00 bits per heavy atom. The zero-order valence-corrected chi connectivity index (χ0v) is 15.0. The van der Waals surface area contributed by atoms with Crippen molar-refractivity contribution >= 4 is 16.1 Å². The summed E-state index contributed by atoms with van der Waals surface area (Å²) in [5.41, 5.74) is 0.547. The zero-order valence-electron chi connectivity index (χ0n) is 14.1. The summed E-state index contributed by atoms with van der Waals surface area (Å²) in [4.78, 5) is 16.3. The monoisotopic (exact) mass is 356 g/mol. The van der Waals surface area contributed by atoms with E-state index >= 15 is 0 Å². The number of carbonyl (C=O) groups excluding carboxylic acids is 1. The molecule has 2 aliphatic heterocycles. The van der Waals surface area contributed by atoms with Gasteiger partial charge in [0.1, 0.15) is 5.76 Å². The molecule has 0 unspecified atom stereocenters. The summed E-state index contributed by atoms with van der Waals surface area (Å²) in [6.07, 6.45) is 1.50. The SMILES string of the molecule is Cc1occc1C(=O)N1CCN(S(=O)(=O)N2CCN(C)CC2)CC1. The predicted octanol–water partition coefficient (Wildman–Crippen LogP) is -0.162. The fourth-order valence-corrected chi connectivity index (χ4v) is 4.66. The highest BCUT2D eigenvalue weighted by Crippen LogP contribution is 2.17. The summed E-state index contributed by atoms with van der Waals surface area (Å²) in [7, 11) is -1.44. The highest BCUT2D eigenvalue weighted by atomic mass is 32.2. The molecule has 1 amide bonds. The number of amides is 1. The Morgan fingerprint density at radius 3 is 2.04 bits per heavy atom. The molecule has 9 heteroatoms. The highest BCUT2D eigenvalue weighted by molar-refractivity contribution is 7.86. The van der Waals surface area contributed by atoms with Crippen LogP contribution in [0.2, 0.25) is 0 Å². The van der Waals surface area contributed by atoms with E-state index in [1.54, 1.807) is 22.2 Å². The van der Waals surface area contributed by atoms with Crippen LogP contribution in [0.5, 0.6) is 0 Å². The van der Waals surface area contributed by atoms with E-state index in [1.165, 1.54) is 10.6 Å². The van der Waals surface area contributed by atoms with Gasteiger partial charge in [0.25, 0.3) is 16.1 Å². The topological polar surface area (TPSA) is 77.3 Å². The van der Waals surface area contributed by atoms with E-state index in [0.29, 0.717) is 50.6 Å². The predicted molar refractivity (Wildman–Crippen MR) is 88.9 cm³/mol. The molecule has 0 atom stereocenters. The van der Waals surface area contributed by atoms with Crippen LogP contribution in [0.4, 0.5) is 0 Å². The van der Waals surface area contributed by atoms with E-state index < -0.39 is 10.2 Å². The number of furan rings is 1. The minimum atomic E-state index is -3.44. The summed E-state index contributed by atoms with van der Waals surface area (Å²) in [5, 5.41) is 0. The normalized spacial score (nSPS) is 22.0. The minimum absolute atomic E-state index is 0.0992. The lowest BCUT2D eigenvalue weighted by molar-refractivity contribution is 0.0690. The molecule has 0 aliphatic carbocycles. The van der Waals surface area contributed by atoms with Gasteiger partial charge in [0.15, 0.2) is 0 Å². The van der Waals surface area contributed by atoms with Crippen LogP contribution in [0.1, 0.15) is 16.1 Å². The second-order valence-electron chi connectivity index (χ2n) is 6.29. The molecule has 134 valence electrons. The number of carbonyl (C=O) groups is 1. The quantitative estimate of drug-likeness (QED) is 0.752. The Kier molecular flexibility index (Phi) is 4.95. The second kappa shape index (κ2) is 6.83. The van der Waals surface area contributed by atoms with Crippen molar-refractivity contribution in [3.63, 3.8) is 0 Å². The zero-order chi connectivity index (χ0) is 17.3. The largest absolute Gasteiger partial charge is 0.469 e. The van der Waals surface area contributed by atoms with Gasteiger partial charge in [-0.05, 0) is 20.0 Å². The molecule has 0 aromatic carbocycles. The van der Waals surface area contributed by atoms with E-state index in [0.717, 1.165) is 13.1 Å². The summed E-state index contributed by atoms with van der Waals surface area (Å²) in [5.74, 6) is 0.491. The van der Waals surface area contributed by atoms with Crippen molar-refractivity contribution in [1.29, 1.82) is 0 Å². The van der Waals surface area contributed by atoms with Crippen molar-refractivity contribution in [1.82, 2.24) is 18.4 Å². The van der Waals surface area contributed by atoms with Gasteiger partial charge in [0, 0.05) is 52.4 Å². The highest BCUT2D eigenvalue weighted by Gasteiger charge is 2.35. The maximum Gasteiger partial charge on any atom is 0.282 e. The summed E-state index contributed by atoms with van der Waals surface area (Å²) >= 11 is 0. The van der Waals surface area contributed by atoms with Crippen LogP contribution in [-0.2, 0) is 10.2 Å². The fourth-order valence-electron chi connectivity index (χ4n) is 3.08. The molecule has 1 aromatic rings. The molecule has 3 rings (SSSR count). The van der Waals surface area contributed by atoms with E-state index in [2.05, 4.69) is 4.90 Å². The maximum atomic E-state index is 12.7. The molecule has 8 nitrogen and oxygen atoms in total. The number of rotatable bonds is 3. The van der Waals surface area contributed by atoms with Crippen LogP contribution in [0, 0.1) is 6.92 Å². The van der Waals surface area contributed by atoms with Gasteiger partial charge in [0.05, 0.1) is 11.8 Å². The maximum absolute atomic E-state index is 12.7. The standard InChI is InChI=1S/C15H24N4O4S/c1-13-14(3-12-23-13)15(20)17-6-10-19(11-7-17)24(21,22)18-8-4-16(2)5-9-18/h3,12H,4-11H2,1-2H3. The number of hydrogen-bond acceptors (Lipinski definition) is 5. The van der Waals surface area contributed by atoms with Gasteiger partial charge in [-0.3, -0.25) is 4.79 Å². The second-order valence-corrected chi connectivity index (χ2v) is 8.22. The number of nitrogens with zero attached hydrogens (tertiary/aromatic N) is 4. The molecule has 0 spiro atoms. The van der Waals surface area contributed by atoms with Crippen molar-refractivity contribution in [3.05, 3.63) is 23.7 Å². The summed E-state index contributed by atoms with van der Waals surface area (Å²) in [6, 6.07) is 1.66. The molecule has 0 bridgehead atoms. The Balaban J connectivity index is 1.60. The van der Waals surface area contributed by atoms with Gasteiger partial charge in [-0.1, -0.05) is 0 Å². The molecular formula is C15H24N4O4S. The first-order valence-corrected chi connectivity index (χ1v) is 9.56. The van der Waals surface area contributed by atoms with E-state index in [9.17, 15) is 13.2 Å². The molecule has 3 heterocycles. The Labute approximate surface area is 142 Å². The van der Waals surface area contributed by atoms with Crippen molar-refractivity contribution in [2.45, 2.75) is 6.92 Å². The Bertz CT molecular complexity index is 686. The van der Waals surface area contributed by atoms with Crippen LogP contribution in [0.25, 0.3) is 0 Å². The third-order valence-corrected chi connectivity index (χ3v) is 6.77. The fraction of sp³-hybridized carbons (Fsp3) is 0.667. The van der Waals surface area contributed by atoms with Crippen LogP contribution in [-0.4, -0.2) is 92.1 Å². The smallest absolute Gasteiger partial charge is 0.282 e. The lowest BCUT2D eigenvalue weighted by Crippen LogP contribution is -2.57. The number of likely N-dealkylation sites (N-methyl/N-ethyl adjacent to an activating group) is 1. The molecule has 2 saturated heterocycles. The van der Waals surface area contributed by atoms with E-state index in [4.69, 9.17) is 4.42 Å². The molecule has 1 aromatic heterocycles. The van der Waals surface area contributed by atoms with Gasteiger partial charge in [-0.25, -0.2) is 0 Å². The van der Waals surface area contributed by atoms with Gasteiger partial charge >= 0.3 is 0 Å². The first kappa shape index (κ1) is 17.4. The molecule has 2 fully saturated rings. The van der Waals surface area contributed by atoms with Crippen molar-refractivity contribution in [2.75, 3.05) is 59.4 Å². The van der Waals surface area contributed by atoms with Crippen LogP contribution >= 0.6 is 0 Å². The lowest BCUT2D eigenvalue weighted by atomic mass is 10.2. The molecule has 2 aliphatic rings. The van der Waals surface area contributed by atoms with E-state index in [-0.39, 0.29) is 5.91 Å². The number of aryl methyl sites for hydroxylation is 1. The Hall–Kier alpha value is -1.42. The molecule has 0 radical (unpaired) electrons. The average Bonchev–Trinajstić information content (AvgIpc) is 3.01.